The molecular formula is C16H10Cl+. The van der Waals surface area contributed by atoms with E-state index < -0.39 is 0 Å². The molecule has 0 saturated carbocycles. The Kier molecular flexibility index (Phi) is 2.53. The summed E-state index contributed by atoms with van der Waals surface area (Å²) < 4.78 is 0. The molecule has 0 spiro atoms. The molecule has 0 N–H and O–H groups in total. The van der Waals surface area contributed by atoms with Gasteiger partial charge < -0.3 is 0 Å². The van der Waals surface area contributed by atoms with Gasteiger partial charge in [0.25, 0.3) is 0 Å². The van der Waals surface area contributed by atoms with Crippen LogP contribution in [0.25, 0.3) is 23.3 Å². The van der Waals surface area contributed by atoms with Crippen LogP contribution in [0.5, 0.6) is 0 Å². The predicted octanol–water partition coefficient (Wildman–Crippen LogP) is 4.85. The van der Waals surface area contributed by atoms with Crippen molar-refractivity contribution in [2.45, 2.75) is 0 Å². The van der Waals surface area contributed by atoms with Crippen LogP contribution in [-0.4, -0.2) is 0 Å². The Morgan fingerprint density at radius 3 is 2.41 bits per heavy atom. The third kappa shape index (κ3) is 2.01. The molecule has 2 aromatic carbocycles. The van der Waals surface area contributed by atoms with Gasteiger partial charge in [0.1, 0.15) is 12.2 Å². The van der Waals surface area contributed by atoms with Crippen LogP contribution in [0.15, 0.2) is 48.5 Å². The third-order valence-electron chi connectivity index (χ3n) is 2.86. The Hall–Kier alpha value is -1.88. The van der Waals surface area contributed by atoms with Gasteiger partial charge in [-0.2, -0.15) is 0 Å². The lowest BCUT2D eigenvalue weighted by atomic mass is 9.97. The Morgan fingerprint density at radius 2 is 1.59 bits per heavy atom. The van der Waals surface area contributed by atoms with Gasteiger partial charge >= 0.3 is 0 Å². The Labute approximate surface area is 106 Å². The quantitative estimate of drug-likeness (QED) is 0.622. The molecule has 80 valence electrons. The summed E-state index contributed by atoms with van der Waals surface area (Å²) in [4.78, 5) is 0. The zero-order valence-corrected chi connectivity index (χ0v) is 9.91. The van der Waals surface area contributed by atoms with Crippen molar-refractivity contribution < 1.29 is 0 Å². The fourth-order valence-electron chi connectivity index (χ4n) is 1.95. The normalized spacial score (nSPS) is 12.1. The molecule has 0 saturated heterocycles. The topological polar surface area (TPSA) is 0 Å². The summed E-state index contributed by atoms with van der Waals surface area (Å²) in [6.45, 7) is 0. The van der Waals surface area contributed by atoms with E-state index in [9.17, 15) is 0 Å². The third-order valence-corrected chi connectivity index (χ3v) is 3.11. The molecule has 0 aromatic heterocycles. The van der Waals surface area contributed by atoms with E-state index in [4.69, 9.17) is 11.6 Å². The Balaban J connectivity index is 2.07. The van der Waals surface area contributed by atoms with Gasteiger partial charge in [-0.05, 0) is 29.3 Å². The molecule has 1 aliphatic rings. The molecule has 0 amide bonds. The van der Waals surface area contributed by atoms with E-state index in [0.717, 1.165) is 5.02 Å². The first-order chi connectivity index (χ1) is 8.33. The van der Waals surface area contributed by atoms with Crippen molar-refractivity contribution in [2.75, 3.05) is 0 Å². The van der Waals surface area contributed by atoms with Crippen LogP contribution in [0.4, 0.5) is 0 Å². The van der Waals surface area contributed by atoms with Crippen LogP contribution in [0.3, 0.4) is 0 Å². The van der Waals surface area contributed by atoms with Gasteiger partial charge in [-0.15, -0.1) is 0 Å². The van der Waals surface area contributed by atoms with E-state index in [2.05, 4.69) is 30.4 Å². The summed E-state index contributed by atoms with van der Waals surface area (Å²) in [5.41, 5.74) is 4.83. The van der Waals surface area contributed by atoms with Gasteiger partial charge in [-0.3, -0.25) is 0 Å². The van der Waals surface area contributed by atoms with Crippen LogP contribution in [0.2, 0.25) is 5.02 Å². The molecule has 0 heterocycles. The van der Waals surface area contributed by atoms with Gasteiger partial charge in [0.15, 0.2) is 0 Å². The molecule has 1 heteroatoms. The lowest BCUT2D eigenvalue weighted by Gasteiger charge is -2.03. The molecule has 17 heavy (non-hydrogen) atoms. The summed E-state index contributed by atoms with van der Waals surface area (Å²) in [5, 5.41) is 0.767. The van der Waals surface area contributed by atoms with Crippen molar-refractivity contribution in [2.24, 2.45) is 0 Å². The highest BCUT2D eigenvalue weighted by Crippen LogP contribution is 2.26. The summed E-state index contributed by atoms with van der Waals surface area (Å²) in [6, 6.07) is 14.3. The zero-order valence-electron chi connectivity index (χ0n) is 9.15. The second-order valence-electron chi connectivity index (χ2n) is 3.99. The average molecular weight is 238 g/mol. The number of hydrogen-bond acceptors (Lipinski definition) is 0. The highest BCUT2D eigenvalue weighted by molar-refractivity contribution is 6.30. The van der Waals surface area contributed by atoms with Crippen molar-refractivity contribution in [1.29, 1.82) is 0 Å². The predicted molar refractivity (Wildman–Crippen MR) is 73.6 cm³/mol. The lowest BCUT2D eigenvalue weighted by molar-refractivity contribution is 1.56. The first kappa shape index (κ1) is 10.3. The van der Waals surface area contributed by atoms with E-state index in [1.165, 1.54) is 22.3 Å². The smallest absolute Gasteiger partial charge is 0.0843 e. The minimum absolute atomic E-state index is 0.767. The summed E-state index contributed by atoms with van der Waals surface area (Å²) >= 11 is 5.89. The molecule has 2 aromatic rings. The Morgan fingerprint density at radius 1 is 0.824 bits per heavy atom. The molecular weight excluding hydrogens is 228 g/mol. The average Bonchev–Trinajstić information content (AvgIpc) is 2.39. The van der Waals surface area contributed by atoms with Crippen LogP contribution < -0.4 is 0 Å². The summed E-state index contributed by atoms with van der Waals surface area (Å²) in [6.07, 6.45) is 9.12. The zero-order chi connectivity index (χ0) is 11.7. The van der Waals surface area contributed by atoms with E-state index in [1.54, 1.807) is 0 Å². The molecule has 0 unspecified atom stereocenters. The molecule has 0 radical (unpaired) electrons. The molecule has 0 atom stereocenters. The van der Waals surface area contributed by atoms with Crippen LogP contribution in [0.1, 0.15) is 11.1 Å². The monoisotopic (exact) mass is 237 g/mol. The highest BCUT2D eigenvalue weighted by Gasteiger charge is 2.10. The Bertz CT molecular complexity index is 604. The van der Waals surface area contributed by atoms with Crippen molar-refractivity contribution in [3.05, 3.63) is 70.8 Å². The van der Waals surface area contributed by atoms with Crippen LogP contribution in [0, 0.1) is 6.08 Å². The lowest BCUT2D eigenvalue weighted by Crippen LogP contribution is -1.86. The van der Waals surface area contributed by atoms with E-state index in [-0.39, 0.29) is 0 Å². The highest BCUT2D eigenvalue weighted by atomic mass is 35.5. The fraction of sp³-hybridized carbons (Fsp3) is 0. The van der Waals surface area contributed by atoms with Crippen molar-refractivity contribution in [1.82, 2.24) is 0 Å². The second-order valence-corrected chi connectivity index (χ2v) is 4.43. The SMILES string of the molecule is Clc1ccc(-c2ccc3c(c2)C=[C+]C=C3)cc1. The number of rotatable bonds is 1. The maximum Gasteiger partial charge on any atom is 0.111 e. The first-order valence-electron chi connectivity index (χ1n) is 5.49. The number of hydrogen-bond donors (Lipinski definition) is 0. The maximum absolute atomic E-state index is 5.89. The van der Waals surface area contributed by atoms with Crippen molar-refractivity contribution in [3.8, 4) is 11.1 Å². The van der Waals surface area contributed by atoms with Crippen LogP contribution in [-0.2, 0) is 0 Å². The number of benzene rings is 2. The van der Waals surface area contributed by atoms with Crippen molar-refractivity contribution >= 4 is 23.8 Å². The van der Waals surface area contributed by atoms with E-state index in [1.807, 2.05) is 36.4 Å². The van der Waals surface area contributed by atoms with Gasteiger partial charge in [-0.25, -0.2) is 0 Å². The molecule has 1 aliphatic carbocycles. The fourth-order valence-corrected chi connectivity index (χ4v) is 2.08. The molecule has 0 nitrogen and oxygen atoms in total. The van der Waals surface area contributed by atoms with E-state index in [0.29, 0.717) is 0 Å². The van der Waals surface area contributed by atoms with Gasteiger partial charge in [0.2, 0.25) is 0 Å². The molecule has 0 bridgehead atoms. The number of allylic oxidation sites excluding steroid dienone is 2. The number of halogens is 1. The second kappa shape index (κ2) is 4.18. The summed E-state index contributed by atoms with van der Waals surface area (Å²) in [7, 11) is 0. The first-order valence-corrected chi connectivity index (χ1v) is 5.86. The molecule has 0 fully saturated rings. The largest absolute Gasteiger partial charge is 0.111 e. The maximum atomic E-state index is 5.89. The van der Waals surface area contributed by atoms with Crippen LogP contribution >= 0.6 is 11.6 Å². The molecule has 3 rings (SSSR count). The van der Waals surface area contributed by atoms with E-state index >= 15 is 0 Å². The minimum Gasteiger partial charge on any atom is -0.0843 e. The minimum atomic E-state index is 0.767. The number of fused-ring (bicyclic) bond motifs is 1. The van der Waals surface area contributed by atoms with Gasteiger partial charge in [-0.1, -0.05) is 29.8 Å². The standard InChI is InChI=1S/C16H10Cl/c17-16-9-7-13(8-10-16)15-6-5-12-3-1-2-4-14(12)11-15/h1,3-11H/q+1. The molecule has 0 aliphatic heterocycles. The van der Waals surface area contributed by atoms with Gasteiger partial charge in [0, 0.05) is 17.2 Å². The summed E-state index contributed by atoms with van der Waals surface area (Å²) in [5.74, 6) is 0. The van der Waals surface area contributed by atoms with Crippen molar-refractivity contribution in [3.63, 3.8) is 0 Å². The van der Waals surface area contributed by atoms with Gasteiger partial charge in [0.05, 0.1) is 17.2 Å².